The Morgan fingerprint density at radius 1 is 1.19 bits per heavy atom. The molecule has 1 aliphatic rings. The molecule has 0 aromatic carbocycles. The van der Waals surface area contributed by atoms with Crippen LogP contribution in [0.5, 0.6) is 0 Å². The average Bonchev–Trinajstić information content (AvgIpc) is 2.99. The van der Waals surface area contributed by atoms with Crippen LogP contribution in [0, 0.1) is 5.82 Å². The van der Waals surface area contributed by atoms with Crippen LogP contribution in [-0.2, 0) is 12.8 Å². The van der Waals surface area contributed by atoms with Crippen molar-refractivity contribution in [3.63, 3.8) is 0 Å². The number of rotatable bonds is 3. The van der Waals surface area contributed by atoms with E-state index >= 15 is 0 Å². The minimum Gasteiger partial charge on any atom is -0.304 e. The molecule has 140 valence electrons. The largest absolute Gasteiger partial charge is 0.389 e. The van der Waals surface area contributed by atoms with Gasteiger partial charge in [-0.1, -0.05) is 6.08 Å². The van der Waals surface area contributed by atoms with Crippen LogP contribution in [0.25, 0.3) is 11.2 Å². The Balaban J connectivity index is 1.72. The third kappa shape index (κ3) is 3.70. The summed E-state index contributed by atoms with van der Waals surface area (Å²) in [5.41, 5.74) is 3.14. The molecule has 3 heterocycles. The molecule has 0 saturated heterocycles. The van der Waals surface area contributed by atoms with E-state index in [4.69, 9.17) is 0 Å². The summed E-state index contributed by atoms with van der Waals surface area (Å²) in [7, 11) is 0. The second-order valence-corrected chi connectivity index (χ2v) is 6.51. The van der Waals surface area contributed by atoms with Crippen molar-refractivity contribution in [2.45, 2.75) is 38.3 Å². The van der Waals surface area contributed by atoms with Gasteiger partial charge in [-0.05, 0) is 30.9 Å². The Labute approximate surface area is 152 Å². The Hall–Kier alpha value is -2.77. The van der Waals surface area contributed by atoms with E-state index in [1.165, 1.54) is 12.3 Å². The molecule has 3 aromatic rings. The number of imidazole rings is 1. The quantitative estimate of drug-likeness (QED) is 0.631. The minimum atomic E-state index is -4.24. The summed E-state index contributed by atoms with van der Waals surface area (Å²) in [6.07, 6.45) is 5.33. The molecular formula is C19H16F4N4. The zero-order chi connectivity index (χ0) is 19.0. The molecule has 27 heavy (non-hydrogen) atoms. The van der Waals surface area contributed by atoms with Crippen LogP contribution in [0.4, 0.5) is 17.6 Å². The lowest BCUT2D eigenvalue weighted by Gasteiger charge is -2.13. The van der Waals surface area contributed by atoms with Crippen LogP contribution in [0.15, 0.2) is 36.9 Å². The van der Waals surface area contributed by atoms with Crippen LogP contribution < -0.4 is 0 Å². The predicted molar refractivity (Wildman–Crippen MR) is 91.6 cm³/mol. The zero-order valence-electron chi connectivity index (χ0n) is 14.3. The fourth-order valence-electron chi connectivity index (χ4n) is 3.28. The van der Waals surface area contributed by atoms with Gasteiger partial charge >= 0.3 is 6.18 Å². The highest BCUT2D eigenvalue weighted by Gasteiger charge is 2.27. The molecule has 0 saturated carbocycles. The maximum Gasteiger partial charge on any atom is 0.389 e. The van der Waals surface area contributed by atoms with Crippen LogP contribution in [0.3, 0.4) is 0 Å². The van der Waals surface area contributed by atoms with Gasteiger partial charge in [0.1, 0.15) is 5.82 Å². The first-order valence-electron chi connectivity index (χ1n) is 8.65. The lowest BCUT2D eigenvalue weighted by atomic mass is 9.99. The highest BCUT2D eigenvalue weighted by atomic mass is 19.4. The van der Waals surface area contributed by atoms with Crippen LogP contribution in [0.2, 0.25) is 0 Å². The van der Waals surface area contributed by atoms with E-state index in [9.17, 15) is 17.6 Å². The summed E-state index contributed by atoms with van der Waals surface area (Å²) in [5, 5.41) is 0. The van der Waals surface area contributed by atoms with Gasteiger partial charge < -0.3 is 4.40 Å². The summed E-state index contributed by atoms with van der Waals surface area (Å²) in [6.45, 7) is 0. The molecule has 4 rings (SSSR count). The van der Waals surface area contributed by atoms with E-state index in [0.717, 1.165) is 24.0 Å². The SMILES string of the molecule is Fc1cc(C2=CCCCc3nc(CCC(F)(F)F)ncc32)cn2ccnc12. The highest BCUT2D eigenvalue weighted by molar-refractivity contribution is 5.81. The van der Waals surface area contributed by atoms with Crippen LogP contribution >= 0.6 is 0 Å². The number of hydrogen-bond acceptors (Lipinski definition) is 3. The molecule has 0 fully saturated rings. The molecule has 0 N–H and O–H groups in total. The number of aromatic nitrogens is 4. The van der Waals surface area contributed by atoms with Crippen LogP contribution in [0.1, 0.15) is 41.9 Å². The van der Waals surface area contributed by atoms with E-state index in [2.05, 4.69) is 15.0 Å². The van der Waals surface area contributed by atoms with Crippen molar-refractivity contribution in [3.8, 4) is 0 Å². The number of nitrogens with zero attached hydrogens (tertiary/aromatic N) is 4. The number of alkyl halides is 3. The van der Waals surface area contributed by atoms with Gasteiger partial charge in [0, 0.05) is 42.3 Å². The lowest BCUT2D eigenvalue weighted by Crippen LogP contribution is -2.11. The molecular weight excluding hydrogens is 360 g/mol. The molecule has 3 aromatic heterocycles. The second kappa shape index (κ2) is 6.75. The molecule has 0 unspecified atom stereocenters. The van der Waals surface area contributed by atoms with Gasteiger partial charge in [0.25, 0.3) is 0 Å². The second-order valence-electron chi connectivity index (χ2n) is 6.51. The number of allylic oxidation sites excluding steroid dienone is 1. The molecule has 1 aliphatic carbocycles. The summed E-state index contributed by atoms with van der Waals surface area (Å²) in [4.78, 5) is 12.5. The molecule has 0 amide bonds. The summed E-state index contributed by atoms with van der Waals surface area (Å²) < 4.78 is 53.3. The lowest BCUT2D eigenvalue weighted by molar-refractivity contribution is -0.134. The molecule has 4 nitrogen and oxygen atoms in total. The van der Waals surface area contributed by atoms with Crippen molar-refractivity contribution in [3.05, 3.63) is 65.4 Å². The zero-order valence-corrected chi connectivity index (χ0v) is 14.3. The van der Waals surface area contributed by atoms with E-state index in [-0.39, 0.29) is 17.9 Å². The monoisotopic (exact) mass is 376 g/mol. The number of fused-ring (bicyclic) bond motifs is 2. The normalized spacial score (nSPS) is 14.7. The van der Waals surface area contributed by atoms with Gasteiger partial charge in [0.15, 0.2) is 11.5 Å². The van der Waals surface area contributed by atoms with Gasteiger partial charge in [-0.25, -0.2) is 19.3 Å². The summed E-state index contributed by atoms with van der Waals surface area (Å²) in [6, 6.07) is 1.42. The van der Waals surface area contributed by atoms with Gasteiger partial charge in [0.2, 0.25) is 0 Å². The van der Waals surface area contributed by atoms with E-state index in [1.807, 2.05) is 6.08 Å². The molecule has 8 heteroatoms. The first-order valence-corrected chi connectivity index (χ1v) is 8.65. The van der Waals surface area contributed by atoms with Crippen molar-refractivity contribution in [2.24, 2.45) is 0 Å². The standard InChI is InChI=1S/C19H16F4N4/c20-15-9-12(11-27-8-7-24-18(15)27)13-3-1-2-4-16-14(13)10-25-17(26-16)5-6-19(21,22)23/h3,7-11H,1-2,4-6H2. The summed E-state index contributed by atoms with van der Waals surface area (Å²) >= 11 is 0. The number of halogens is 4. The van der Waals surface area contributed by atoms with Crippen molar-refractivity contribution >= 4 is 11.2 Å². The van der Waals surface area contributed by atoms with Gasteiger partial charge in [-0.15, -0.1) is 0 Å². The van der Waals surface area contributed by atoms with E-state index < -0.39 is 18.4 Å². The Kier molecular flexibility index (Phi) is 4.41. The third-order valence-electron chi connectivity index (χ3n) is 4.56. The van der Waals surface area contributed by atoms with Crippen molar-refractivity contribution in [1.82, 2.24) is 19.4 Å². The molecule has 0 spiro atoms. The third-order valence-corrected chi connectivity index (χ3v) is 4.56. The molecule has 0 atom stereocenters. The topological polar surface area (TPSA) is 43.1 Å². The Morgan fingerprint density at radius 3 is 2.85 bits per heavy atom. The number of aryl methyl sites for hydroxylation is 2. The predicted octanol–water partition coefficient (Wildman–Crippen LogP) is 4.53. The molecule has 0 bridgehead atoms. The van der Waals surface area contributed by atoms with E-state index in [1.54, 1.807) is 23.0 Å². The maximum absolute atomic E-state index is 14.3. The molecule has 0 aliphatic heterocycles. The Bertz CT molecular complexity index is 1020. The van der Waals surface area contributed by atoms with E-state index in [0.29, 0.717) is 17.7 Å². The molecule has 0 radical (unpaired) electrons. The maximum atomic E-state index is 14.3. The minimum absolute atomic E-state index is 0.184. The van der Waals surface area contributed by atoms with Crippen molar-refractivity contribution < 1.29 is 17.6 Å². The van der Waals surface area contributed by atoms with Crippen molar-refractivity contribution in [2.75, 3.05) is 0 Å². The number of hydrogen-bond donors (Lipinski definition) is 0. The van der Waals surface area contributed by atoms with Crippen molar-refractivity contribution in [1.29, 1.82) is 0 Å². The average molecular weight is 376 g/mol. The number of pyridine rings is 1. The first-order chi connectivity index (χ1) is 12.9. The van der Waals surface area contributed by atoms with Crippen LogP contribution in [-0.4, -0.2) is 25.5 Å². The van der Waals surface area contributed by atoms with Gasteiger partial charge in [-0.2, -0.15) is 13.2 Å². The first kappa shape index (κ1) is 17.6. The highest BCUT2D eigenvalue weighted by Crippen LogP contribution is 2.31. The fraction of sp³-hybridized carbons (Fsp3) is 0.316. The summed E-state index contributed by atoms with van der Waals surface area (Å²) in [5.74, 6) is -0.254. The Morgan fingerprint density at radius 2 is 2.04 bits per heavy atom. The van der Waals surface area contributed by atoms with Gasteiger partial charge in [0.05, 0.1) is 12.1 Å². The smallest absolute Gasteiger partial charge is 0.304 e. The fourth-order valence-corrected chi connectivity index (χ4v) is 3.28. The van der Waals surface area contributed by atoms with Gasteiger partial charge in [-0.3, -0.25) is 0 Å².